The Labute approximate surface area is 106 Å². The predicted octanol–water partition coefficient (Wildman–Crippen LogP) is 4.51. The van der Waals surface area contributed by atoms with Crippen LogP contribution in [0.3, 0.4) is 0 Å². The van der Waals surface area contributed by atoms with Crippen molar-refractivity contribution < 1.29 is 9.15 Å². The third-order valence-corrected chi connectivity index (χ3v) is 3.04. The maximum atomic E-state index is 5.56. The van der Waals surface area contributed by atoms with Gasteiger partial charge in [-0.25, -0.2) is 0 Å². The smallest absolute Gasteiger partial charge is 0.191 e. The second-order valence-corrected chi connectivity index (χ2v) is 4.46. The molecule has 0 aliphatic heterocycles. The summed E-state index contributed by atoms with van der Waals surface area (Å²) in [6.07, 6.45) is 3.38. The second-order valence-electron chi connectivity index (χ2n) is 4.06. The van der Waals surface area contributed by atoms with Gasteiger partial charge in [0.05, 0.1) is 7.11 Å². The van der Waals surface area contributed by atoms with Crippen LogP contribution in [-0.2, 0) is 6.42 Å². The first kappa shape index (κ1) is 12.1. The summed E-state index contributed by atoms with van der Waals surface area (Å²) in [7, 11) is 1.65. The summed E-state index contributed by atoms with van der Waals surface area (Å²) in [6, 6.07) is 7.84. The molecule has 0 bridgehead atoms. The zero-order valence-electron chi connectivity index (χ0n) is 10.2. The van der Waals surface area contributed by atoms with E-state index in [-0.39, 0.29) is 0 Å². The largest absolute Gasteiger partial charge is 0.497 e. The monoisotopic (exact) mass is 248 g/mol. The Morgan fingerprint density at radius 2 is 2.12 bits per heavy atom. The zero-order valence-corrected chi connectivity index (χ0v) is 11.0. The van der Waals surface area contributed by atoms with Gasteiger partial charge in [0.1, 0.15) is 11.3 Å². The minimum absolute atomic E-state index is 0.539. The molecular weight excluding hydrogens is 232 g/mol. The molecule has 17 heavy (non-hydrogen) atoms. The summed E-state index contributed by atoms with van der Waals surface area (Å²) in [5.74, 6) is 0.795. The van der Waals surface area contributed by atoms with Crippen molar-refractivity contribution in [3.8, 4) is 5.75 Å². The molecule has 3 heteroatoms. The molecule has 0 amide bonds. The van der Waals surface area contributed by atoms with Gasteiger partial charge in [0.2, 0.25) is 0 Å². The molecule has 0 fully saturated rings. The second kappa shape index (κ2) is 5.32. The Morgan fingerprint density at radius 3 is 2.82 bits per heavy atom. The average Bonchev–Trinajstić information content (AvgIpc) is 2.34. The minimum atomic E-state index is 0.539. The Hall–Kier alpha value is -1.35. The van der Waals surface area contributed by atoms with Gasteiger partial charge in [0.15, 0.2) is 4.71 Å². The minimum Gasteiger partial charge on any atom is -0.497 e. The van der Waals surface area contributed by atoms with Crippen LogP contribution in [0.25, 0.3) is 11.0 Å². The molecule has 90 valence electrons. The highest BCUT2D eigenvalue weighted by Gasteiger charge is 2.05. The first-order valence-electron chi connectivity index (χ1n) is 5.85. The van der Waals surface area contributed by atoms with Gasteiger partial charge in [0.25, 0.3) is 0 Å². The number of hydrogen-bond donors (Lipinski definition) is 0. The number of benzene rings is 1. The quantitative estimate of drug-likeness (QED) is 0.743. The fraction of sp³-hybridized carbons (Fsp3) is 0.357. The van der Waals surface area contributed by atoms with Gasteiger partial charge >= 0.3 is 0 Å². The summed E-state index contributed by atoms with van der Waals surface area (Å²) < 4.78 is 11.3. The van der Waals surface area contributed by atoms with E-state index < -0.39 is 0 Å². The lowest BCUT2D eigenvalue weighted by atomic mass is 10.0. The lowest BCUT2D eigenvalue weighted by molar-refractivity contribution is 0.414. The van der Waals surface area contributed by atoms with E-state index in [1.807, 2.05) is 24.3 Å². The molecule has 0 spiro atoms. The summed E-state index contributed by atoms with van der Waals surface area (Å²) in [5.41, 5.74) is 2.07. The summed E-state index contributed by atoms with van der Waals surface area (Å²) in [5, 5.41) is 1.13. The molecule has 0 aliphatic carbocycles. The lowest BCUT2D eigenvalue weighted by Crippen LogP contribution is -1.89. The van der Waals surface area contributed by atoms with E-state index in [0.29, 0.717) is 4.71 Å². The van der Waals surface area contributed by atoms with E-state index in [4.69, 9.17) is 21.4 Å². The molecule has 0 radical (unpaired) electrons. The van der Waals surface area contributed by atoms with Gasteiger partial charge in [-0.1, -0.05) is 13.3 Å². The lowest BCUT2D eigenvalue weighted by Gasteiger charge is -2.06. The van der Waals surface area contributed by atoms with Gasteiger partial charge in [-0.3, -0.25) is 0 Å². The van der Waals surface area contributed by atoms with Crippen molar-refractivity contribution in [3.63, 3.8) is 0 Å². The number of hydrogen-bond acceptors (Lipinski definition) is 3. The summed E-state index contributed by atoms with van der Waals surface area (Å²) in [4.78, 5) is 0. The van der Waals surface area contributed by atoms with Gasteiger partial charge in [-0.2, -0.15) is 0 Å². The van der Waals surface area contributed by atoms with Crippen molar-refractivity contribution in [2.45, 2.75) is 26.2 Å². The number of rotatable bonds is 4. The topological polar surface area (TPSA) is 22.4 Å². The SMILES string of the molecule is CCCCc1cc(=S)oc2cc(OC)ccc12. The molecule has 1 aromatic heterocycles. The van der Waals surface area contributed by atoms with Crippen LogP contribution in [0.1, 0.15) is 25.3 Å². The Morgan fingerprint density at radius 1 is 1.29 bits per heavy atom. The van der Waals surface area contributed by atoms with Crippen molar-refractivity contribution in [2.75, 3.05) is 7.11 Å². The first-order valence-corrected chi connectivity index (χ1v) is 6.26. The van der Waals surface area contributed by atoms with Crippen LogP contribution in [-0.4, -0.2) is 7.11 Å². The zero-order chi connectivity index (χ0) is 12.3. The normalized spacial score (nSPS) is 10.7. The van der Waals surface area contributed by atoms with Crippen LogP contribution >= 0.6 is 12.2 Å². The Bertz CT molecular complexity index is 572. The summed E-state index contributed by atoms with van der Waals surface area (Å²) in [6.45, 7) is 2.19. The van der Waals surface area contributed by atoms with Crippen LogP contribution in [0, 0.1) is 4.71 Å². The van der Waals surface area contributed by atoms with E-state index in [1.165, 1.54) is 18.4 Å². The molecule has 2 nitrogen and oxygen atoms in total. The fourth-order valence-corrected chi connectivity index (χ4v) is 2.14. The molecule has 0 saturated heterocycles. The van der Waals surface area contributed by atoms with Crippen LogP contribution in [0.4, 0.5) is 0 Å². The van der Waals surface area contributed by atoms with Crippen LogP contribution in [0.5, 0.6) is 5.75 Å². The first-order chi connectivity index (χ1) is 8.24. The van der Waals surface area contributed by atoms with Crippen LogP contribution in [0.2, 0.25) is 0 Å². The molecule has 2 aromatic rings. The highest BCUT2D eigenvalue weighted by Crippen LogP contribution is 2.25. The molecule has 1 aromatic carbocycles. The van der Waals surface area contributed by atoms with Crippen molar-refractivity contribution in [1.82, 2.24) is 0 Å². The number of methoxy groups -OCH3 is 1. The maximum absolute atomic E-state index is 5.56. The van der Waals surface area contributed by atoms with Crippen molar-refractivity contribution in [2.24, 2.45) is 0 Å². The molecule has 1 heterocycles. The highest BCUT2D eigenvalue weighted by molar-refractivity contribution is 7.71. The number of unbranched alkanes of at least 4 members (excludes halogenated alkanes) is 1. The van der Waals surface area contributed by atoms with Gasteiger partial charge < -0.3 is 9.15 Å². The molecule has 0 unspecified atom stereocenters. The van der Waals surface area contributed by atoms with Crippen LogP contribution in [0.15, 0.2) is 28.7 Å². The number of fused-ring (bicyclic) bond motifs is 1. The van der Waals surface area contributed by atoms with E-state index in [0.717, 1.165) is 23.1 Å². The highest BCUT2D eigenvalue weighted by atomic mass is 32.1. The van der Waals surface area contributed by atoms with Crippen molar-refractivity contribution in [1.29, 1.82) is 0 Å². The van der Waals surface area contributed by atoms with Gasteiger partial charge in [-0.05, 0) is 48.8 Å². The van der Waals surface area contributed by atoms with E-state index in [1.54, 1.807) is 7.11 Å². The molecular formula is C14H16O2S. The number of aryl methyl sites for hydroxylation is 1. The van der Waals surface area contributed by atoms with E-state index >= 15 is 0 Å². The summed E-state index contributed by atoms with van der Waals surface area (Å²) >= 11 is 5.15. The molecule has 0 N–H and O–H groups in total. The van der Waals surface area contributed by atoms with Crippen molar-refractivity contribution >= 4 is 23.2 Å². The van der Waals surface area contributed by atoms with E-state index in [2.05, 4.69) is 6.92 Å². The third-order valence-electron chi connectivity index (χ3n) is 2.84. The third kappa shape index (κ3) is 2.67. The predicted molar refractivity (Wildman–Crippen MR) is 72.2 cm³/mol. The van der Waals surface area contributed by atoms with Gasteiger partial charge in [0, 0.05) is 11.5 Å². The molecule has 2 rings (SSSR count). The van der Waals surface area contributed by atoms with Gasteiger partial charge in [-0.15, -0.1) is 0 Å². The van der Waals surface area contributed by atoms with Crippen molar-refractivity contribution in [3.05, 3.63) is 34.5 Å². The van der Waals surface area contributed by atoms with Crippen LogP contribution < -0.4 is 4.74 Å². The maximum Gasteiger partial charge on any atom is 0.191 e. The standard InChI is InChI=1S/C14H16O2S/c1-3-4-5-10-8-14(17)16-13-9-11(15-2)6-7-12(10)13/h6-9H,3-5H2,1-2H3. The fourth-order valence-electron chi connectivity index (χ4n) is 1.91. The average molecular weight is 248 g/mol. The Balaban J connectivity index is 2.55. The Kier molecular flexibility index (Phi) is 3.79. The molecule has 0 saturated carbocycles. The number of ether oxygens (including phenoxy) is 1. The molecule has 0 aliphatic rings. The van der Waals surface area contributed by atoms with E-state index in [9.17, 15) is 0 Å². The molecule has 0 atom stereocenters.